The molecule has 5 nitrogen and oxygen atoms in total. The van der Waals surface area contributed by atoms with Crippen LogP contribution in [0.4, 0.5) is 0 Å². The van der Waals surface area contributed by atoms with E-state index in [9.17, 15) is 9.59 Å². The summed E-state index contributed by atoms with van der Waals surface area (Å²) in [7, 11) is 4.47. The lowest BCUT2D eigenvalue weighted by Crippen LogP contribution is -2.13. The van der Waals surface area contributed by atoms with E-state index in [4.69, 9.17) is 9.47 Å². The van der Waals surface area contributed by atoms with Gasteiger partial charge in [-0.3, -0.25) is 9.59 Å². The zero-order chi connectivity index (χ0) is 45.4. The maximum atomic E-state index is 12.4. The lowest BCUT2D eigenvalue weighted by molar-refractivity contribution is -0.143. The van der Waals surface area contributed by atoms with Gasteiger partial charge in [0.1, 0.15) is 13.2 Å². The molecule has 0 aliphatic heterocycles. The van der Waals surface area contributed by atoms with E-state index in [1.807, 2.05) is 0 Å². The van der Waals surface area contributed by atoms with Crippen LogP contribution in [0.2, 0.25) is 0 Å². The highest BCUT2D eigenvalue weighted by Crippen LogP contribution is 2.39. The second kappa shape index (κ2) is 49.2. The van der Waals surface area contributed by atoms with Gasteiger partial charge in [-0.1, -0.05) is 219 Å². The maximum Gasteiger partial charge on any atom is 0.306 e. The number of nitrogens with zero attached hydrogens (tertiary/aromatic N) is 1. The summed E-state index contributed by atoms with van der Waals surface area (Å²) in [5.74, 6) is 1.50. The molecule has 0 rings (SSSR count). The number of esters is 2. The molecule has 0 heterocycles. The Balaban J connectivity index is 4.24. The van der Waals surface area contributed by atoms with Gasteiger partial charge in [-0.05, 0) is 102 Å². The molecule has 0 spiro atoms. The van der Waals surface area contributed by atoms with Gasteiger partial charge in [0.25, 0.3) is 0 Å². The van der Waals surface area contributed by atoms with Crippen LogP contribution in [0.25, 0.3) is 0 Å². The van der Waals surface area contributed by atoms with Gasteiger partial charge in [0.2, 0.25) is 0 Å². The maximum absolute atomic E-state index is 12.4. The summed E-state index contributed by atoms with van der Waals surface area (Å²) in [6.07, 6.45) is 57.7. The van der Waals surface area contributed by atoms with Crippen LogP contribution in [-0.2, 0) is 19.1 Å². The van der Waals surface area contributed by atoms with E-state index in [1.54, 1.807) is 0 Å². The van der Waals surface area contributed by atoms with Gasteiger partial charge in [-0.15, -0.1) is 7.92 Å². The van der Waals surface area contributed by atoms with Crippen molar-refractivity contribution >= 4 is 19.9 Å². The summed E-state index contributed by atoms with van der Waals surface area (Å²) in [5.41, 5.74) is 0. The standard InChI is InChI=1S/C56H108NO4P/c1-7-11-15-25-39-53(40-26-16-12-8-2)43-31-34-48-60-55(58)45-29-21-19-23-36-50-62(52-38-33-47-57(5)6)51-37-24-20-22-30-46-56(59)61-49-35-32-44-54(41-27-17-13-9-3)42-28-18-14-10-4/h31-32,34-35,53-54H,7-30,33,36-52H2,1-6H3. The molecule has 0 radical (unpaired) electrons. The second-order valence-corrected chi connectivity index (χ2v) is 22.0. The van der Waals surface area contributed by atoms with Crippen LogP contribution >= 0.6 is 7.92 Å². The lowest BCUT2D eigenvalue weighted by Gasteiger charge is -2.18. The summed E-state index contributed by atoms with van der Waals surface area (Å²) in [4.78, 5) is 27.1. The third-order valence-electron chi connectivity index (χ3n) is 12.9. The van der Waals surface area contributed by atoms with Gasteiger partial charge in [0, 0.05) is 12.8 Å². The number of unbranched alkanes of at least 4 members (excludes halogenated alkanes) is 21. The molecule has 0 amide bonds. The molecule has 0 aliphatic carbocycles. The quantitative estimate of drug-likeness (QED) is 0.0264. The fourth-order valence-electron chi connectivity index (χ4n) is 8.71. The predicted octanol–water partition coefficient (Wildman–Crippen LogP) is 17.6. The molecular weight excluding hydrogens is 782 g/mol. The first kappa shape index (κ1) is 60.8. The van der Waals surface area contributed by atoms with Crippen molar-refractivity contribution in [2.75, 3.05) is 52.3 Å². The Kier molecular flexibility index (Phi) is 48.3. The number of hydrogen-bond donors (Lipinski definition) is 0. The lowest BCUT2D eigenvalue weighted by atomic mass is 9.91. The molecule has 0 aromatic carbocycles. The number of rotatable bonds is 49. The van der Waals surface area contributed by atoms with Crippen LogP contribution in [0.15, 0.2) is 24.3 Å². The Morgan fingerprint density at radius 3 is 1.10 bits per heavy atom. The number of hydrogen-bond acceptors (Lipinski definition) is 5. The van der Waals surface area contributed by atoms with Crippen LogP contribution in [0.1, 0.15) is 259 Å². The average Bonchev–Trinajstić information content (AvgIpc) is 3.26. The highest BCUT2D eigenvalue weighted by Gasteiger charge is 2.11. The number of allylic oxidation sites excluding steroid dienone is 2. The Hall–Kier alpha value is -1.19. The molecule has 0 N–H and O–H groups in total. The zero-order valence-corrected chi connectivity index (χ0v) is 43.6. The van der Waals surface area contributed by atoms with Crippen molar-refractivity contribution in [2.24, 2.45) is 11.8 Å². The molecule has 0 saturated carbocycles. The minimum absolute atomic E-state index is 0.0328. The fraction of sp³-hybridized carbons (Fsp3) is 0.893. The molecule has 0 aromatic rings. The molecule has 0 aromatic heterocycles. The fourth-order valence-corrected chi connectivity index (χ4v) is 11.4. The predicted molar refractivity (Wildman–Crippen MR) is 276 cm³/mol. The first-order valence-electron chi connectivity index (χ1n) is 27.3. The highest BCUT2D eigenvalue weighted by atomic mass is 31.1. The van der Waals surface area contributed by atoms with Gasteiger partial charge < -0.3 is 14.4 Å². The van der Waals surface area contributed by atoms with Gasteiger partial charge in [-0.25, -0.2) is 0 Å². The molecule has 6 heteroatoms. The van der Waals surface area contributed by atoms with Crippen LogP contribution in [-0.4, -0.2) is 69.2 Å². The van der Waals surface area contributed by atoms with Crippen molar-refractivity contribution in [3.05, 3.63) is 24.3 Å². The first-order valence-corrected chi connectivity index (χ1v) is 29.2. The largest absolute Gasteiger partial charge is 0.461 e. The normalized spacial score (nSPS) is 12.5. The van der Waals surface area contributed by atoms with Crippen LogP contribution in [0.3, 0.4) is 0 Å². The van der Waals surface area contributed by atoms with Gasteiger partial charge in [0.15, 0.2) is 0 Å². The van der Waals surface area contributed by atoms with Crippen molar-refractivity contribution in [2.45, 2.75) is 259 Å². The Morgan fingerprint density at radius 2 is 0.742 bits per heavy atom. The summed E-state index contributed by atoms with van der Waals surface area (Å²) < 4.78 is 11.1. The topological polar surface area (TPSA) is 55.8 Å². The van der Waals surface area contributed by atoms with E-state index in [-0.39, 0.29) is 19.9 Å². The summed E-state index contributed by atoms with van der Waals surface area (Å²) in [6, 6.07) is 0. The smallest absolute Gasteiger partial charge is 0.306 e. The number of carbonyl (C=O) groups excluding carboxylic acids is 2. The van der Waals surface area contributed by atoms with Crippen molar-refractivity contribution in [3.63, 3.8) is 0 Å². The molecular formula is C56H108NO4P. The molecule has 0 aliphatic rings. The monoisotopic (exact) mass is 890 g/mol. The van der Waals surface area contributed by atoms with Crippen LogP contribution in [0.5, 0.6) is 0 Å². The Labute approximate surface area is 389 Å². The van der Waals surface area contributed by atoms with Gasteiger partial charge >= 0.3 is 11.9 Å². The van der Waals surface area contributed by atoms with E-state index in [1.165, 1.54) is 205 Å². The van der Waals surface area contributed by atoms with Gasteiger partial charge in [-0.2, -0.15) is 0 Å². The number of carbonyl (C=O) groups is 2. The third-order valence-corrected chi connectivity index (χ3v) is 15.7. The van der Waals surface area contributed by atoms with Crippen molar-refractivity contribution < 1.29 is 19.1 Å². The molecule has 0 atom stereocenters. The van der Waals surface area contributed by atoms with E-state index in [0.717, 1.165) is 50.4 Å². The minimum Gasteiger partial charge on any atom is -0.461 e. The third kappa shape index (κ3) is 45.4. The minimum atomic E-state index is -0.0328. The SMILES string of the molecule is CCCCCCC(CC=CCOC(=O)CCCCCCCP(CCCCCCCC(=O)OCC=CCC(CCCCCC)CCCCCC)CCCCN(C)C)CCCCCC. The van der Waals surface area contributed by atoms with E-state index in [2.05, 4.69) is 71.0 Å². The van der Waals surface area contributed by atoms with E-state index < -0.39 is 0 Å². The van der Waals surface area contributed by atoms with Crippen molar-refractivity contribution in [1.29, 1.82) is 0 Å². The molecule has 62 heavy (non-hydrogen) atoms. The van der Waals surface area contributed by atoms with Gasteiger partial charge in [0.05, 0.1) is 0 Å². The van der Waals surface area contributed by atoms with Crippen LogP contribution in [0, 0.1) is 11.8 Å². The summed E-state index contributed by atoms with van der Waals surface area (Å²) >= 11 is 0. The molecule has 0 unspecified atom stereocenters. The van der Waals surface area contributed by atoms with Crippen molar-refractivity contribution in [3.8, 4) is 0 Å². The highest BCUT2D eigenvalue weighted by molar-refractivity contribution is 7.57. The first-order chi connectivity index (χ1) is 30.4. The zero-order valence-electron chi connectivity index (χ0n) is 42.7. The van der Waals surface area contributed by atoms with Crippen LogP contribution < -0.4 is 0 Å². The van der Waals surface area contributed by atoms with E-state index in [0.29, 0.717) is 26.1 Å². The average molecular weight is 890 g/mol. The van der Waals surface area contributed by atoms with Crippen molar-refractivity contribution in [1.82, 2.24) is 4.90 Å². The second-order valence-electron chi connectivity index (χ2n) is 19.3. The molecule has 0 fully saturated rings. The van der Waals surface area contributed by atoms with E-state index >= 15 is 0 Å². The Morgan fingerprint density at radius 1 is 0.419 bits per heavy atom. The Bertz CT molecular complexity index is 904. The summed E-state index contributed by atoms with van der Waals surface area (Å²) in [5, 5.41) is 0. The molecule has 0 bridgehead atoms. The molecule has 0 saturated heterocycles. The summed E-state index contributed by atoms with van der Waals surface area (Å²) in [6.45, 7) is 11.2. The number of ether oxygens (including phenoxy) is 2. The molecule has 366 valence electrons.